The molecular weight excluding hydrogens is 368 g/mol. The van der Waals surface area contributed by atoms with Crippen molar-refractivity contribution >= 4 is 21.6 Å². The van der Waals surface area contributed by atoms with Gasteiger partial charge < -0.3 is 10.1 Å². The van der Waals surface area contributed by atoms with Gasteiger partial charge in [-0.25, -0.2) is 8.42 Å². The standard InChI is InChI=1S/C18H22N4O4S/c1-11-18(12(2)21-20-11)16-10-26-8-7-22(16)27(24,25)14-4-5-15-13(9-14)3-6-17(23)19-15/h4-5,9,16H,3,6-8,10H2,1-2H3,(H,19,23)(H,20,21). The predicted octanol–water partition coefficient (Wildman–Crippen LogP) is 1.67. The van der Waals surface area contributed by atoms with Crippen molar-refractivity contribution in [2.45, 2.75) is 37.6 Å². The van der Waals surface area contributed by atoms with Gasteiger partial charge in [-0.05, 0) is 44.0 Å². The number of nitrogens with zero attached hydrogens (tertiary/aromatic N) is 2. The lowest BCUT2D eigenvalue weighted by molar-refractivity contribution is -0.116. The van der Waals surface area contributed by atoms with Crippen LogP contribution < -0.4 is 5.32 Å². The number of anilines is 1. The first-order valence-corrected chi connectivity index (χ1v) is 10.4. The average molecular weight is 390 g/mol. The molecule has 1 aromatic heterocycles. The summed E-state index contributed by atoms with van der Waals surface area (Å²) in [7, 11) is -3.72. The third kappa shape index (κ3) is 3.15. The van der Waals surface area contributed by atoms with E-state index in [0.717, 1.165) is 22.5 Å². The highest BCUT2D eigenvalue weighted by atomic mass is 32.2. The van der Waals surface area contributed by atoms with Gasteiger partial charge in [-0.3, -0.25) is 9.89 Å². The average Bonchev–Trinajstić information content (AvgIpc) is 2.99. The lowest BCUT2D eigenvalue weighted by Crippen LogP contribution is -2.43. The number of fused-ring (bicyclic) bond motifs is 1. The maximum absolute atomic E-state index is 13.4. The molecule has 0 spiro atoms. The second-order valence-corrected chi connectivity index (χ2v) is 8.81. The fourth-order valence-electron chi connectivity index (χ4n) is 3.81. The fourth-order valence-corrected chi connectivity index (χ4v) is 5.43. The van der Waals surface area contributed by atoms with Gasteiger partial charge in [-0.15, -0.1) is 0 Å². The normalized spacial score (nSPS) is 21.0. The van der Waals surface area contributed by atoms with E-state index in [9.17, 15) is 13.2 Å². The number of aromatic amines is 1. The first-order valence-electron chi connectivity index (χ1n) is 8.92. The second-order valence-electron chi connectivity index (χ2n) is 6.92. The molecule has 3 heterocycles. The molecular formula is C18H22N4O4S. The Morgan fingerprint density at radius 2 is 2.07 bits per heavy atom. The van der Waals surface area contributed by atoms with E-state index in [1.165, 1.54) is 4.31 Å². The first kappa shape index (κ1) is 18.1. The molecule has 0 radical (unpaired) electrons. The zero-order valence-electron chi connectivity index (χ0n) is 15.3. The summed E-state index contributed by atoms with van der Waals surface area (Å²) in [6.45, 7) is 4.68. The number of benzene rings is 1. The fraction of sp³-hybridized carbons (Fsp3) is 0.444. The Bertz CT molecular complexity index is 979. The van der Waals surface area contributed by atoms with Gasteiger partial charge in [0.2, 0.25) is 15.9 Å². The third-order valence-corrected chi connectivity index (χ3v) is 7.08. The van der Waals surface area contributed by atoms with Crippen LogP contribution >= 0.6 is 0 Å². The van der Waals surface area contributed by atoms with Crippen LogP contribution in [0.3, 0.4) is 0 Å². The third-order valence-electron chi connectivity index (χ3n) is 5.18. The number of hydrogen-bond acceptors (Lipinski definition) is 5. The Morgan fingerprint density at radius 1 is 1.26 bits per heavy atom. The largest absolute Gasteiger partial charge is 0.378 e. The number of ether oxygens (including phenoxy) is 1. The molecule has 1 atom stereocenters. The van der Waals surface area contributed by atoms with E-state index in [0.29, 0.717) is 31.7 Å². The molecule has 0 saturated carbocycles. The highest BCUT2D eigenvalue weighted by molar-refractivity contribution is 7.89. The van der Waals surface area contributed by atoms with Gasteiger partial charge in [0, 0.05) is 29.9 Å². The number of aryl methyl sites for hydroxylation is 3. The smallest absolute Gasteiger partial charge is 0.243 e. The summed E-state index contributed by atoms with van der Waals surface area (Å²) in [5, 5.41) is 9.91. The van der Waals surface area contributed by atoms with E-state index in [2.05, 4.69) is 15.5 Å². The molecule has 2 N–H and O–H groups in total. The minimum atomic E-state index is -3.72. The van der Waals surface area contributed by atoms with Crippen LogP contribution in [0, 0.1) is 13.8 Å². The Hall–Kier alpha value is -2.23. The van der Waals surface area contributed by atoms with Gasteiger partial charge in [0.15, 0.2) is 0 Å². The van der Waals surface area contributed by atoms with Crippen LogP contribution in [-0.4, -0.2) is 48.6 Å². The number of amides is 1. The van der Waals surface area contributed by atoms with Crippen LogP contribution in [-0.2, 0) is 26.0 Å². The molecule has 9 heteroatoms. The van der Waals surface area contributed by atoms with Gasteiger partial charge in [0.1, 0.15) is 0 Å². The molecule has 27 heavy (non-hydrogen) atoms. The van der Waals surface area contributed by atoms with Crippen LogP contribution in [0.5, 0.6) is 0 Å². The molecule has 4 rings (SSSR count). The quantitative estimate of drug-likeness (QED) is 0.830. The van der Waals surface area contributed by atoms with Gasteiger partial charge in [0.25, 0.3) is 0 Å². The molecule has 1 fully saturated rings. The van der Waals surface area contributed by atoms with Crippen molar-refractivity contribution in [1.29, 1.82) is 0 Å². The molecule has 0 bridgehead atoms. The summed E-state index contributed by atoms with van der Waals surface area (Å²) in [4.78, 5) is 11.8. The number of morpholine rings is 1. The summed E-state index contributed by atoms with van der Waals surface area (Å²) in [5.74, 6) is -0.0442. The number of carbonyl (C=O) groups excluding carboxylic acids is 1. The first-order chi connectivity index (χ1) is 12.9. The molecule has 1 aromatic carbocycles. The maximum Gasteiger partial charge on any atom is 0.243 e. The highest BCUT2D eigenvalue weighted by Gasteiger charge is 2.37. The van der Waals surface area contributed by atoms with Crippen molar-refractivity contribution in [3.8, 4) is 0 Å². The monoisotopic (exact) mass is 390 g/mol. The molecule has 1 saturated heterocycles. The number of sulfonamides is 1. The van der Waals surface area contributed by atoms with Gasteiger partial charge in [-0.2, -0.15) is 9.40 Å². The second kappa shape index (κ2) is 6.74. The number of rotatable bonds is 3. The lowest BCUT2D eigenvalue weighted by Gasteiger charge is -2.35. The van der Waals surface area contributed by atoms with Crippen molar-refractivity contribution in [3.63, 3.8) is 0 Å². The zero-order chi connectivity index (χ0) is 19.2. The number of nitrogens with one attached hydrogen (secondary N) is 2. The number of H-pyrrole nitrogens is 1. The van der Waals surface area contributed by atoms with Crippen molar-refractivity contribution < 1.29 is 17.9 Å². The Labute approximate surface area is 158 Å². The zero-order valence-corrected chi connectivity index (χ0v) is 16.1. The predicted molar refractivity (Wildman–Crippen MR) is 98.9 cm³/mol. The van der Waals surface area contributed by atoms with Crippen LogP contribution in [0.2, 0.25) is 0 Å². The van der Waals surface area contributed by atoms with E-state index >= 15 is 0 Å². The van der Waals surface area contributed by atoms with Gasteiger partial charge in [0.05, 0.1) is 29.8 Å². The molecule has 2 aromatic rings. The van der Waals surface area contributed by atoms with Gasteiger partial charge >= 0.3 is 0 Å². The summed E-state index contributed by atoms with van der Waals surface area (Å²) >= 11 is 0. The lowest BCUT2D eigenvalue weighted by atomic mass is 10.0. The Kier molecular flexibility index (Phi) is 4.53. The maximum atomic E-state index is 13.4. The molecule has 8 nitrogen and oxygen atoms in total. The minimum Gasteiger partial charge on any atom is -0.378 e. The number of hydrogen-bond donors (Lipinski definition) is 2. The van der Waals surface area contributed by atoms with Crippen LogP contribution in [0.15, 0.2) is 23.1 Å². The molecule has 144 valence electrons. The van der Waals surface area contributed by atoms with E-state index in [4.69, 9.17) is 4.74 Å². The summed E-state index contributed by atoms with van der Waals surface area (Å²) in [6.07, 6.45) is 0.904. The SMILES string of the molecule is Cc1n[nH]c(C)c1C1COCCN1S(=O)(=O)c1ccc2c(c1)CCC(=O)N2. The van der Waals surface area contributed by atoms with Crippen molar-refractivity contribution in [1.82, 2.24) is 14.5 Å². The van der Waals surface area contributed by atoms with Crippen molar-refractivity contribution in [2.24, 2.45) is 0 Å². The van der Waals surface area contributed by atoms with Crippen LogP contribution in [0.25, 0.3) is 0 Å². The molecule has 0 aliphatic carbocycles. The number of aromatic nitrogens is 2. The van der Waals surface area contributed by atoms with E-state index in [1.54, 1.807) is 18.2 Å². The number of carbonyl (C=O) groups is 1. The van der Waals surface area contributed by atoms with E-state index in [1.807, 2.05) is 13.8 Å². The summed E-state index contributed by atoms with van der Waals surface area (Å²) < 4.78 is 33.9. The van der Waals surface area contributed by atoms with E-state index < -0.39 is 16.1 Å². The van der Waals surface area contributed by atoms with E-state index in [-0.39, 0.29) is 17.3 Å². The van der Waals surface area contributed by atoms with Crippen molar-refractivity contribution in [3.05, 3.63) is 40.7 Å². The molecule has 2 aliphatic rings. The highest BCUT2D eigenvalue weighted by Crippen LogP contribution is 2.34. The van der Waals surface area contributed by atoms with Crippen LogP contribution in [0.4, 0.5) is 5.69 Å². The van der Waals surface area contributed by atoms with Crippen LogP contribution in [0.1, 0.15) is 35.0 Å². The van der Waals surface area contributed by atoms with Crippen molar-refractivity contribution in [2.75, 3.05) is 25.1 Å². The summed E-state index contributed by atoms with van der Waals surface area (Å²) in [6, 6.07) is 4.48. The Morgan fingerprint density at radius 3 is 2.81 bits per heavy atom. The summed E-state index contributed by atoms with van der Waals surface area (Å²) in [5.41, 5.74) is 4.01. The topological polar surface area (TPSA) is 104 Å². The molecule has 1 unspecified atom stereocenters. The van der Waals surface area contributed by atoms with Gasteiger partial charge in [-0.1, -0.05) is 0 Å². The Balaban J connectivity index is 1.73. The minimum absolute atomic E-state index is 0.0442. The molecule has 2 aliphatic heterocycles. The molecule has 1 amide bonds.